The Morgan fingerprint density at radius 1 is 1.28 bits per heavy atom. The number of thiazole rings is 1. The number of nitrogens with zero attached hydrogens (tertiary/aromatic N) is 2. The van der Waals surface area contributed by atoms with Crippen LogP contribution in [0.5, 0.6) is 0 Å². The molecule has 3 heterocycles. The van der Waals surface area contributed by atoms with E-state index in [1.165, 1.54) is 17.7 Å². The summed E-state index contributed by atoms with van der Waals surface area (Å²) < 4.78 is 0. The van der Waals surface area contributed by atoms with E-state index in [2.05, 4.69) is 32.7 Å². The van der Waals surface area contributed by atoms with Gasteiger partial charge in [0.25, 0.3) is 0 Å². The smallest absolute Gasteiger partial charge is 0.231 e. The molecule has 134 valence electrons. The quantitative estimate of drug-likeness (QED) is 0.857. The van der Waals surface area contributed by atoms with Gasteiger partial charge < -0.3 is 10.2 Å². The maximum atomic E-state index is 13.1. The fourth-order valence-electron chi connectivity index (χ4n) is 4.30. The van der Waals surface area contributed by atoms with Gasteiger partial charge in [0.1, 0.15) is 0 Å². The third kappa shape index (κ3) is 3.47. The second-order valence-electron chi connectivity index (χ2n) is 7.25. The van der Waals surface area contributed by atoms with Crippen LogP contribution in [-0.4, -0.2) is 30.5 Å². The highest BCUT2D eigenvalue weighted by Gasteiger charge is 2.43. The molecule has 2 aromatic rings. The van der Waals surface area contributed by atoms with Crippen molar-refractivity contribution in [2.45, 2.75) is 43.9 Å². The van der Waals surface area contributed by atoms with Gasteiger partial charge in [0, 0.05) is 36.1 Å². The molecule has 1 aliphatic heterocycles. The lowest BCUT2D eigenvalue weighted by molar-refractivity contribution is -0.126. The number of aromatic nitrogens is 1. The normalized spacial score (nSPS) is 22.9. The minimum absolute atomic E-state index is 0.249. The van der Waals surface area contributed by atoms with E-state index in [1.807, 2.05) is 11.6 Å². The highest BCUT2D eigenvalue weighted by atomic mass is 32.1. The molecule has 1 saturated carbocycles. The predicted octanol–water partition coefficient (Wildman–Crippen LogP) is 4.05. The fraction of sp³-hybridized carbons (Fsp3) is 0.579. The summed E-state index contributed by atoms with van der Waals surface area (Å²) in [5.74, 6) is 0.766. The number of piperidine rings is 1. The SMILES string of the molecule is O=C(NCC1CCCN(c2nccs2)C1)C1(c2cccs2)CCCC1. The zero-order chi connectivity index (χ0) is 17.1. The second kappa shape index (κ2) is 7.46. The summed E-state index contributed by atoms with van der Waals surface area (Å²) in [4.78, 5) is 21.1. The Morgan fingerprint density at radius 3 is 2.88 bits per heavy atom. The van der Waals surface area contributed by atoms with Gasteiger partial charge in [0.05, 0.1) is 5.41 Å². The van der Waals surface area contributed by atoms with Crippen LogP contribution in [0.1, 0.15) is 43.4 Å². The van der Waals surface area contributed by atoms with Gasteiger partial charge in [-0.1, -0.05) is 18.9 Å². The number of thiophene rings is 1. The lowest BCUT2D eigenvalue weighted by Crippen LogP contribution is -2.46. The Hall–Kier alpha value is -1.40. The molecule has 4 rings (SSSR count). The Morgan fingerprint density at radius 2 is 2.16 bits per heavy atom. The van der Waals surface area contributed by atoms with Crippen LogP contribution < -0.4 is 10.2 Å². The molecule has 2 aromatic heterocycles. The predicted molar refractivity (Wildman–Crippen MR) is 105 cm³/mol. The first kappa shape index (κ1) is 17.0. The lowest BCUT2D eigenvalue weighted by atomic mass is 9.83. The lowest BCUT2D eigenvalue weighted by Gasteiger charge is -2.34. The molecule has 4 nitrogen and oxygen atoms in total. The van der Waals surface area contributed by atoms with Crippen LogP contribution in [0.25, 0.3) is 0 Å². The Kier molecular flexibility index (Phi) is 5.08. The van der Waals surface area contributed by atoms with Gasteiger partial charge in [-0.05, 0) is 43.0 Å². The number of rotatable bonds is 5. The maximum Gasteiger partial charge on any atom is 0.231 e. The molecule has 1 aliphatic carbocycles. The monoisotopic (exact) mass is 375 g/mol. The van der Waals surface area contributed by atoms with Crippen LogP contribution >= 0.6 is 22.7 Å². The molecule has 25 heavy (non-hydrogen) atoms. The summed E-state index contributed by atoms with van der Waals surface area (Å²) in [6.45, 7) is 2.87. The van der Waals surface area contributed by atoms with Gasteiger partial charge in [0.2, 0.25) is 5.91 Å². The summed E-state index contributed by atoms with van der Waals surface area (Å²) in [5, 5.41) is 8.55. The molecule has 2 aliphatic rings. The largest absolute Gasteiger partial charge is 0.355 e. The zero-order valence-corrected chi connectivity index (χ0v) is 16.1. The highest BCUT2D eigenvalue weighted by molar-refractivity contribution is 7.13. The number of carbonyl (C=O) groups is 1. The topological polar surface area (TPSA) is 45.2 Å². The van der Waals surface area contributed by atoms with Crippen molar-refractivity contribution >= 4 is 33.7 Å². The van der Waals surface area contributed by atoms with E-state index < -0.39 is 0 Å². The van der Waals surface area contributed by atoms with Crippen LogP contribution in [-0.2, 0) is 10.2 Å². The number of nitrogens with one attached hydrogen (secondary N) is 1. The molecule has 1 saturated heterocycles. The van der Waals surface area contributed by atoms with Crippen molar-refractivity contribution in [3.63, 3.8) is 0 Å². The third-order valence-corrected chi connectivity index (χ3v) is 7.55. The minimum atomic E-state index is -0.266. The number of amides is 1. The molecule has 2 fully saturated rings. The first-order valence-corrected chi connectivity index (χ1v) is 11.0. The molecular formula is C19H25N3OS2. The standard InChI is InChI=1S/C19H25N3OS2/c23-17(19(7-1-2-8-19)16-6-4-11-24-16)21-13-15-5-3-10-22(14-15)18-20-9-12-25-18/h4,6,9,11-12,15H,1-3,5,7-8,10,13-14H2,(H,21,23). The molecular weight excluding hydrogens is 350 g/mol. The van der Waals surface area contributed by atoms with Crippen molar-refractivity contribution < 1.29 is 4.79 Å². The summed E-state index contributed by atoms with van der Waals surface area (Å²) in [7, 11) is 0. The van der Waals surface area contributed by atoms with E-state index in [0.717, 1.165) is 50.4 Å². The van der Waals surface area contributed by atoms with Crippen LogP contribution in [0.15, 0.2) is 29.1 Å². The van der Waals surface area contributed by atoms with Crippen LogP contribution in [0.2, 0.25) is 0 Å². The molecule has 0 aromatic carbocycles. The summed E-state index contributed by atoms with van der Waals surface area (Å²) >= 11 is 3.43. The van der Waals surface area contributed by atoms with Crippen molar-refractivity contribution in [3.05, 3.63) is 34.0 Å². The fourth-order valence-corrected chi connectivity index (χ4v) is 5.96. The first-order chi connectivity index (χ1) is 12.3. The molecule has 1 unspecified atom stereocenters. The number of carbonyl (C=O) groups excluding carboxylic acids is 1. The molecule has 0 spiro atoms. The van der Waals surface area contributed by atoms with E-state index in [1.54, 1.807) is 22.7 Å². The third-order valence-electron chi connectivity index (χ3n) is 5.64. The zero-order valence-electron chi connectivity index (χ0n) is 14.4. The number of hydrogen-bond acceptors (Lipinski definition) is 5. The average molecular weight is 376 g/mol. The summed E-state index contributed by atoms with van der Waals surface area (Å²) in [6, 6.07) is 4.21. The van der Waals surface area contributed by atoms with Crippen molar-refractivity contribution in [2.75, 3.05) is 24.5 Å². The minimum Gasteiger partial charge on any atom is -0.355 e. The van der Waals surface area contributed by atoms with Crippen molar-refractivity contribution in [1.29, 1.82) is 0 Å². The van der Waals surface area contributed by atoms with Crippen LogP contribution in [0.4, 0.5) is 5.13 Å². The van der Waals surface area contributed by atoms with Gasteiger partial charge in [-0.15, -0.1) is 22.7 Å². The Labute approximate surface area is 157 Å². The molecule has 0 radical (unpaired) electrons. The van der Waals surface area contributed by atoms with Gasteiger partial charge in [-0.25, -0.2) is 4.98 Å². The van der Waals surface area contributed by atoms with Gasteiger partial charge in [-0.2, -0.15) is 0 Å². The molecule has 0 bridgehead atoms. The van der Waals surface area contributed by atoms with Crippen LogP contribution in [0.3, 0.4) is 0 Å². The van der Waals surface area contributed by atoms with E-state index in [0.29, 0.717) is 5.92 Å². The van der Waals surface area contributed by atoms with Crippen molar-refractivity contribution in [3.8, 4) is 0 Å². The maximum absolute atomic E-state index is 13.1. The summed E-state index contributed by atoms with van der Waals surface area (Å²) in [6.07, 6.45) is 8.55. The number of hydrogen-bond donors (Lipinski definition) is 1. The number of anilines is 1. The molecule has 1 atom stereocenters. The van der Waals surface area contributed by atoms with Gasteiger partial charge >= 0.3 is 0 Å². The average Bonchev–Trinajstić information content (AvgIpc) is 3.42. The molecule has 1 amide bonds. The molecule has 1 N–H and O–H groups in total. The Balaban J connectivity index is 1.38. The first-order valence-electron chi connectivity index (χ1n) is 9.25. The van der Waals surface area contributed by atoms with Crippen molar-refractivity contribution in [2.24, 2.45) is 5.92 Å². The van der Waals surface area contributed by atoms with E-state index in [4.69, 9.17) is 0 Å². The van der Waals surface area contributed by atoms with Crippen molar-refractivity contribution in [1.82, 2.24) is 10.3 Å². The van der Waals surface area contributed by atoms with E-state index >= 15 is 0 Å². The van der Waals surface area contributed by atoms with Gasteiger partial charge in [-0.3, -0.25) is 4.79 Å². The van der Waals surface area contributed by atoms with E-state index in [-0.39, 0.29) is 11.3 Å². The van der Waals surface area contributed by atoms with E-state index in [9.17, 15) is 4.79 Å². The second-order valence-corrected chi connectivity index (χ2v) is 9.07. The summed E-state index contributed by atoms with van der Waals surface area (Å²) in [5.41, 5.74) is -0.266. The van der Waals surface area contributed by atoms with Crippen LogP contribution in [0, 0.1) is 5.92 Å². The van der Waals surface area contributed by atoms with Gasteiger partial charge in [0.15, 0.2) is 5.13 Å². The Bertz CT molecular complexity index is 678. The highest BCUT2D eigenvalue weighted by Crippen LogP contribution is 2.43. The molecule has 6 heteroatoms.